The first-order valence-electron chi connectivity index (χ1n) is 10.4. The summed E-state index contributed by atoms with van der Waals surface area (Å²) in [6.45, 7) is 1.72. The van der Waals surface area contributed by atoms with Gasteiger partial charge in [-0.05, 0) is 56.0 Å². The maximum atomic E-state index is 13.1. The van der Waals surface area contributed by atoms with Gasteiger partial charge in [0.15, 0.2) is 0 Å². The Morgan fingerprint density at radius 3 is 2.48 bits per heavy atom. The van der Waals surface area contributed by atoms with Gasteiger partial charge in [-0.2, -0.15) is 4.31 Å². The number of aromatic nitrogens is 1. The van der Waals surface area contributed by atoms with Gasteiger partial charge < -0.3 is 15.2 Å². The van der Waals surface area contributed by atoms with Crippen LogP contribution in [0.1, 0.15) is 36.2 Å². The van der Waals surface area contributed by atoms with Crippen LogP contribution < -0.4 is 5.32 Å². The first kappa shape index (κ1) is 21.5. The topological polar surface area (TPSA) is 103 Å². The second-order valence-electron chi connectivity index (χ2n) is 7.95. The summed E-state index contributed by atoms with van der Waals surface area (Å²) in [5, 5.41) is 2.72. The number of aromatic amines is 1. The maximum Gasteiger partial charge on any atom is 0.270 e. The lowest BCUT2D eigenvalue weighted by atomic mass is 9.99. The summed E-state index contributed by atoms with van der Waals surface area (Å²) in [6.07, 6.45) is 4.34. The first-order chi connectivity index (χ1) is 14.8. The number of sulfonamides is 1. The standard InChI is InChI=1S/C21H25FN4O4S/c22-16-5-7-17(8-6-16)24-20(27)15-4-3-11-26(14-15)31(29,30)18-12-19(23-13-18)21(28)25-9-1-2-10-25/h5-8,12-13,15,23H,1-4,9-11,14H2,(H,24,27). The van der Waals surface area contributed by atoms with Crippen molar-refractivity contribution in [1.29, 1.82) is 0 Å². The average Bonchev–Trinajstić information content (AvgIpc) is 3.48. The van der Waals surface area contributed by atoms with Crippen LogP contribution >= 0.6 is 0 Å². The minimum atomic E-state index is -3.84. The van der Waals surface area contributed by atoms with E-state index in [1.807, 2.05) is 0 Å². The number of halogens is 1. The number of hydrogen-bond donors (Lipinski definition) is 2. The fraction of sp³-hybridized carbons (Fsp3) is 0.429. The summed E-state index contributed by atoms with van der Waals surface area (Å²) in [4.78, 5) is 29.7. The fourth-order valence-corrected chi connectivity index (χ4v) is 5.56. The van der Waals surface area contributed by atoms with Crippen LogP contribution in [-0.2, 0) is 14.8 Å². The van der Waals surface area contributed by atoms with Crippen LogP contribution in [0.5, 0.6) is 0 Å². The molecule has 2 saturated heterocycles. The van der Waals surface area contributed by atoms with Crippen molar-refractivity contribution in [2.24, 2.45) is 5.92 Å². The smallest absolute Gasteiger partial charge is 0.270 e. The summed E-state index contributed by atoms with van der Waals surface area (Å²) in [5.41, 5.74) is 0.713. The highest BCUT2D eigenvalue weighted by Crippen LogP contribution is 2.26. The minimum absolute atomic E-state index is 0.0228. The highest BCUT2D eigenvalue weighted by molar-refractivity contribution is 7.89. The van der Waals surface area contributed by atoms with Crippen molar-refractivity contribution in [3.05, 3.63) is 48.0 Å². The maximum absolute atomic E-state index is 13.1. The van der Waals surface area contributed by atoms with E-state index >= 15 is 0 Å². The Morgan fingerprint density at radius 1 is 1.06 bits per heavy atom. The van der Waals surface area contributed by atoms with Crippen molar-refractivity contribution in [3.8, 4) is 0 Å². The molecule has 4 rings (SSSR count). The molecule has 2 fully saturated rings. The van der Waals surface area contributed by atoms with Crippen LogP contribution in [0.2, 0.25) is 0 Å². The summed E-state index contributed by atoms with van der Waals surface area (Å²) < 4.78 is 40.6. The lowest BCUT2D eigenvalue weighted by Gasteiger charge is -2.30. The van der Waals surface area contributed by atoms with E-state index in [9.17, 15) is 22.4 Å². The number of piperidine rings is 1. The molecule has 10 heteroatoms. The Bertz CT molecular complexity index is 1060. The van der Waals surface area contributed by atoms with Crippen LogP contribution in [0.25, 0.3) is 0 Å². The van der Waals surface area contributed by atoms with Crippen LogP contribution in [0.15, 0.2) is 41.4 Å². The first-order valence-corrected chi connectivity index (χ1v) is 11.8. The average molecular weight is 449 g/mol. The van der Waals surface area contributed by atoms with Gasteiger partial charge in [-0.3, -0.25) is 9.59 Å². The predicted octanol–water partition coefficient (Wildman–Crippen LogP) is 2.43. The van der Waals surface area contributed by atoms with Gasteiger partial charge in [0.2, 0.25) is 15.9 Å². The zero-order chi connectivity index (χ0) is 22.0. The number of nitrogens with one attached hydrogen (secondary N) is 2. The molecule has 31 heavy (non-hydrogen) atoms. The van der Waals surface area contributed by atoms with Crippen molar-refractivity contribution in [2.45, 2.75) is 30.6 Å². The molecule has 8 nitrogen and oxygen atoms in total. The van der Waals surface area contributed by atoms with Crippen molar-refractivity contribution >= 4 is 27.5 Å². The number of benzene rings is 1. The third kappa shape index (κ3) is 4.64. The Balaban J connectivity index is 1.44. The predicted molar refractivity (Wildman–Crippen MR) is 112 cm³/mol. The van der Waals surface area contributed by atoms with E-state index in [1.165, 1.54) is 40.8 Å². The molecule has 3 heterocycles. The van der Waals surface area contributed by atoms with Crippen molar-refractivity contribution in [3.63, 3.8) is 0 Å². The quantitative estimate of drug-likeness (QED) is 0.733. The summed E-state index contributed by atoms with van der Waals surface area (Å²) >= 11 is 0. The van der Waals surface area contributed by atoms with Gasteiger partial charge in [-0.15, -0.1) is 0 Å². The highest BCUT2D eigenvalue weighted by Gasteiger charge is 2.34. The number of hydrogen-bond acceptors (Lipinski definition) is 4. The zero-order valence-electron chi connectivity index (χ0n) is 17.0. The van der Waals surface area contributed by atoms with Gasteiger partial charge in [0, 0.05) is 38.1 Å². The summed E-state index contributed by atoms with van der Waals surface area (Å²) in [5.74, 6) is -1.42. The van der Waals surface area contributed by atoms with Crippen molar-refractivity contribution in [1.82, 2.24) is 14.2 Å². The SMILES string of the molecule is O=C(Nc1ccc(F)cc1)C1CCCN(S(=O)(=O)c2c[nH]c(C(=O)N3CCCC3)c2)C1. The molecule has 1 aromatic carbocycles. The second-order valence-corrected chi connectivity index (χ2v) is 9.88. The fourth-order valence-electron chi connectivity index (χ4n) is 4.04. The van der Waals surface area contributed by atoms with Gasteiger partial charge in [0.1, 0.15) is 16.4 Å². The molecule has 2 amide bonds. The monoisotopic (exact) mass is 448 g/mol. The van der Waals surface area contributed by atoms with E-state index in [0.29, 0.717) is 38.2 Å². The lowest BCUT2D eigenvalue weighted by molar-refractivity contribution is -0.120. The number of carbonyl (C=O) groups is 2. The molecular formula is C21H25FN4O4S. The van der Waals surface area contributed by atoms with E-state index < -0.39 is 21.8 Å². The summed E-state index contributed by atoms with van der Waals surface area (Å²) in [7, 11) is -3.84. The van der Waals surface area contributed by atoms with Gasteiger partial charge >= 0.3 is 0 Å². The molecule has 2 aliphatic rings. The van der Waals surface area contributed by atoms with Gasteiger partial charge in [0.25, 0.3) is 5.91 Å². The highest BCUT2D eigenvalue weighted by atomic mass is 32.2. The molecule has 0 spiro atoms. The van der Waals surface area contributed by atoms with Crippen molar-refractivity contribution in [2.75, 3.05) is 31.5 Å². The molecule has 1 aromatic heterocycles. The number of H-pyrrole nitrogens is 1. The minimum Gasteiger partial charge on any atom is -0.356 e. The largest absolute Gasteiger partial charge is 0.356 e. The molecule has 1 unspecified atom stereocenters. The second kappa shape index (κ2) is 8.80. The van der Waals surface area contributed by atoms with E-state index in [0.717, 1.165) is 12.8 Å². The van der Waals surface area contributed by atoms with Crippen molar-refractivity contribution < 1.29 is 22.4 Å². The normalized spacial score (nSPS) is 20.0. The Labute approximate surface area is 180 Å². The number of anilines is 1. The molecule has 0 bridgehead atoms. The third-order valence-electron chi connectivity index (χ3n) is 5.78. The molecule has 2 aromatic rings. The molecule has 1 atom stereocenters. The molecule has 2 aliphatic heterocycles. The number of likely N-dealkylation sites (tertiary alicyclic amines) is 1. The Morgan fingerprint density at radius 2 is 1.77 bits per heavy atom. The van der Waals surface area contributed by atoms with E-state index in [4.69, 9.17) is 0 Å². The van der Waals surface area contributed by atoms with E-state index in [1.54, 1.807) is 4.90 Å². The van der Waals surface area contributed by atoms with Gasteiger partial charge in [0.05, 0.1) is 5.92 Å². The Hall–Kier alpha value is -2.72. The molecule has 0 saturated carbocycles. The van der Waals surface area contributed by atoms with Crippen LogP contribution in [0, 0.1) is 11.7 Å². The van der Waals surface area contributed by atoms with Gasteiger partial charge in [-0.25, -0.2) is 12.8 Å². The zero-order valence-corrected chi connectivity index (χ0v) is 17.8. The van der Waals surface area contributed by atoms with Gasteiger partial charge in [-0.1, -0.05) is 0 Å². The Kier molecular flexibility index (Phi) is 6.10. The van der Waals surface area contributed by atoms with E-state index in [2.05, 4.69) is 10.3 Å². The molecular weight excluding hydrogens is 423 g/mol. The molecule has 0 radical (unpaired) electrons. The lowest BCUT2D eigenvalue weighted by Crippen LogP contribution is -2.43. The van der Waals surface area contributed by atoms with Crippen LogP contribution in [-0.4, -0.2) is 60.6 Å². The van der Waals surface area contributed by atoms with Crippen LogP contribution in [0.4, 0.5) is 10.1 Å². The third-order valence-corrected chi connectivity index (χ3v) is 7.63. The molecule has 0 aliphatic carbocycles. The number of carbonyl (C=O) groups excluding carboxylic acids is 2. The summed E-state index contributed by atoms with van der Waals surface area (Å²) in [6, 6.07) is 6.80. The number of amides is 2. The van der Waals surface area contributed by atoms with Crippen LogP contribution in [0.3, 0.4) is 0 Å². The number of nitrogens with zero attached hydrogens (tertiary/aromatic N) is 2. The van der Waals surface area contributed by atoms with E-state index in [-0.39, 0.29) is 28.9 Å². The number of rotatable bonds is 5. The molecule has 166 valence electrons. The molecule has 2 N–H and O–H groups in total.